The molecule has 2 aromatic carbocycles. The van der Waals surface area contributed by atoms with Crippen LogP contribution in [0.4, 0.5) is 5.95 Å². The number of amides is 1. The molecule has 4 rings (SSSR count). The van der Waals surface area contributed by atoms with Crippen molar-refractivity contribution in [2.45, 2.75) is 6.54 Å². The van der Waals surface area contributed by atoms with Crippen molar-refractivity contribution >= 4 is 22.8 Å². The standard InChI is InChI=1S/C22H19N5O2/c1-23-21(28)20-12-18(9-10-24-20)29-17-7-8-19-16(11-17)14-26-22(27-19)25-13-15-5-3-2-4-6-15/h2-12,14H,13H2,1H3,(H,23,28)(H,25,26,27). The van der Waals surface area contributed by atoms with Crippen LogP contribution in [0.5, 0.6) is 11.5 Å². The monoisotopic (exact) mass is 385 g/mol. The number of benzene rings is 2. The van der Waals surface area contributed by atoms with Gasteiger partial charge in [0.15, 0.2) is 0 Å². The van der Waals surface area contributed by atoms with Gasteiger partial charge in [0.25, 0.3) is 5.91 Å². The Labute approximate surface area is 167 Å². The van der Waals surface area contributed by atoms with E-state index in [1.165, 1.54) is 6.20 Å². The maximum atomic E-state index is 11.7. The molecule has 4 aromatic rings. The van der Waals surface area contributed by atoms with E-state index < -0.39 is 0 Å². The average molecular weight is 385 g/mol. The van der Waals surface area contributed by atoms with Crippen molar-refractivity contribution in [1.29, 1.82) is 0 Å². The average Bonchev–Trinajstić information content (AvgIpc) is 2.78. The van der Waals surface area contributed by atoms with Gasteiger partial charge < -0.3 is 15.4 Å². The summed E-state index contributed by atoms with van der Waals surface area (Å²) < 4.78 is 5.87. The van der Waals surface area contributed by atoms with E-state index in [1.54, 1.807) is 25.4 Å². The first kappa shape index (κ1) is 18.4. The van der Waals surface area contributed by atoms with Crippen molar-refractivity contribution in [3.8, 4) is 11.5 Å². The molecule has 1 amide bonds. The minimum Gasteiger partial charge on any atom is -0.457 e. The van der Waals surface area contributed by atoms with Crippen LogP contribution in [0.3, 0.4) is 0 Å². The van der Waals surface area contributed by atoms with Crippen LogP contribution in [-0.2, 0) is 6.54 Å². The predicted molar refractivity (Wildman–Crippen MR) is 111 cm³/mol. The third-order valence-corrected chi connectivity index (χ3v) is 4.27. The van der Waals surface area contributed by atoms with Crippen LogP contribution >= 0.6 is 0 Å². The van der Waals surface area contributed by atoms with E-state index in [0.717, 1.165) is 16.5 Å². The number of rotatable bonds is 6. The van der Waals surface area contributed by atoms with E-state index in [-0.39, 0.29) is 5.91 Å². The fourth-order valence-corrected chi connectivity index (χ4v) is 2.80. The number of nitrogens with zero attached hydrogens (tertiary/aromatic N) is 3. The lowest BCUT2D eigenvalue weighted by atomic mass is 10.2. The number of anilines is 1. The lowest BCUT2D eigenvalue weighted by Gasteiger charge is -2.09. The highest BCUT2D eigenvalue weighted by atomic mass is 16.5. The molecule has 2 heterocycles. The second-order valence-electron chi connectivity index (χ2n) is 6.31. The molecular weight excluding hydrogens is 366 g/mol. The van der Waals surface area contributed by atoms with Gasteiger partial charge in [0.1, 0.15) is 17.2 Å². The van der Waals surface area contributed by atoms with Gasteiger partial charge in [-0.1, -0.05) is 30.3 Å². The van der Waals surface area contributed by atoms with Crippen LogP contribution in [0.2, 0.25) is 0 Å². The predicted octanol–water partition coefficient (Wildman–Crippen LogP) is 3.79. The molecule has 0 unspecified atom stereocenters. The van der Waals surface area contributed by atoms with Crippen LogP contribution in [0.1, 0.15) is 16.1 Å². The van der Waals surface area contributed by atoms with Crippen LogP contribution < -0.4 is 15.4 Å². The first-order valence-electron chi connectivity index (χ1n) is 9.12. The molecule has 0 spiro atoms. The molecule has 0 aliphatic carbocycles. The second kappa shape index (κ2) is 8.35. The number of hydrogen-bond donors (Lipinski definition) is 2. The van der Waals surface area contributed by atoms with Crippen molar-refractivity contribution < 1.29 is 9.53 Å². The third kappa shape index (κ3) is 4.47. The van der Waals surface area contributed by atoms with Gasteiger partial charge in [0.2, 0.25) is 5.95 Å². The normalized spacial score (nSPS) is 10.5. The topological polar surface area (TPSA) is 89.0 Å². The molecular formula is C22H19N5O2. The first-order valence-corrected chi connectivity index (χ1v) is 9.12. The number of hydrogen-bond acceptors (Lipinski definition) is 6. The molecule has 2 N–H and O–H groups in total. The molecule has 7 nitrogen and oxygen atoms in total. The maximum absolute atomic E-state index is 11.7. The van der Waals surface area contributed by atoms with Crippen molar-refractivity contribution in [3.05, 3.63) is 84.3 Å². The third-order valence-electron chi connectivity index (χ3n) is 4.27. The minimum absolute atomic E-state index is 0.266. The highest BCUT2D eigenvalue weighted by Gasteiger charge is 2.08. The van der Waals surface area contributed by atoms with Crippen LogP contribution in [0, 0.1) is 0 Å². The lowest BCUT2D eigenvalue weighted by Crippen LogP contribution is -2.18. The van der Waals surface area contributed by atoms with Gasteiger partial charge in [-0.05, 0) is 29.8 Å². The maximum Gasteiger partial charge on any atom is 0.269 e. The number of ether oxygens (including phenoxy) is 1. The first-order chi connectivity index (χ1) is 14.2. The number of carbonyl (C=O) groups is 1. The number of carbonyl (C=O) groups excluding carboxylic acids is 1. The Bertz CT molecular complexity index is 1150. The summed E-state index contributed by atoms with van der Waals surface area (Å²) in [5.41, 5.74) is 2.26. The largest absolute Gasteiger partial charge is 0.457 e. The number of nitrogens with one attached hydrogen (secondary N) is 2. The summed E-state index contributed by atoms with van der Waals surface area (Å²) in [7, 11) is 1.56. The minimum atomic E-state index is -0.266. The van der Waals surface area contributed by atoms with Gasteiger partial charge in [0, 0.05) is 37.4 Å². The molecule has 0 fully saturated rings. The van der Waals surface area contributed by atoms with E-state index in [2.05, 4.69) is 25.6 Å². The Kier molecular flexibility index (Phi) is 5.29. The van der Waals surface area contributed by atoms with Crippen molar-refractivity contribution in [2.24, 2.45) is 0 Å². The van der Waals surface area contributed by atoms with Crippen molar-refractivity contribution in [3.63, 3.8) is 0 Å². The molecule has 29 heavy (non-hydrogen) atoms. The summed E-state index contributed by atoms with van der Waals surface area (Å²) in [6.07, 6.45) is 3.29. The molecule has 2 aromatic heterocycles. The molecule has 0 aliphatic heterocycles. The summed E-state index contributed by atoms with van der Waals surface area (Å²) >= 11 is 0. The zero-order valence-electron chi connectivity index (χ0n) is 15.8. The Hall–Kier alpha value is -4.00. The van der Waals surface area contributed by atoms with Crippen LogP contribution in [-0.4, -0.2) is 27.9 Å². The van der Waals surface area contributed by atoms with Crippen molar-refractivity contribution in [1.82, 2.24) is 20.3 Å². The molecule has 144 valence electrons. The smallest absolute Gasteiger partial charge is 0.269 e. The van der Waals surface area contributed by atoms with E-state index in [9.17, 15) is 4.79 Å². The Morgan fingerprint density at radius 1 is 1.00 bits per heavy atom. The molecule has 0 saturated carbocycles. The van der Waals surface area contributed by atoms with Crippen LogP contribution in [0.15, 0.2) is 73.1 Å². The zero-order valence-corrected chi connectivity index (χ0v) is 15.8. The molecule has 7 heteroatoms. The van der Waals surface area contributed by atoms with Gasteiger partial charge in [-0.3, -0.25) is 9.78 Å². The quantitative estimate of drug-likeness (QED) is 0.525. The summed E-state index contributed by atoms with van der Waals surface area (Å²) in [5.74, 6) is 1.46. The SMILES string of the molecule is CNC(=O)c1cc(Oc2ccc3nc(NCc4ccccc4)ncc3c2)ccn1. The van der Waals surface area contributed by atoms with Gasteiger partial charge in [-0.2, -0.15) is 0 Å². The molecule has 0 atom stereocenters. The van der Waals surface area contributed by atoms with E-state index >= 15 is 0 Å². The highest BCUT2D eigenvalue weighted by molar-refractivity contribution is 5.92. The number of fused-ring (bicyclic) bond motifs is 1. The van der Waals surface area contributed by atoms with E-state index in [4.69, 9.17) is 4.74 Å². The fraction of sp³-hybridized carbons (Fsp3) is 0.0909. The summed E-state index contributed by atoms with van der Waals surface area (Å²) in [6, 6.07) is 18.9. The molecule has 0 bridgehead atoms. The summed E-state index contributed by atoms with van der Waals surface area (Å²) in [6.45, 7) is 0.656. The second-order valence-corrected chi connectivity index (χ2v) is 6.31. The van der Waals surface area contributed by atoms with E-state index in [1.807, 2.05) is 48.5 Å². The lowest BCUT2D eigenvalue weighted by molar-refractivity contribution is 0.0958. The van der Waals surface area contributed by atoms with Gasteiger partial charge >= 0.3 is 0 Å². The Morgan fingerprint density at radius 3 is 2.66 bits per heavy atom. The number of pyridine rings is 1. The van der Waals surface area contributed by atoms with Gasteiger partial charge in [0.05, 0.1) is 5.52 Å². The molecule has 0 saturated heterocycles. The van der Waals surface area contributed by atoms with E-state index in [0.29, 0.717) is 29.7 Å². The molecule has 0 radical (unpaired) electrons. The van der Waals surface area contributed by atoms with Gasteiger partial charge in [-0.25, -0.2) is 9.97 Å². The highest BCUT2D eigenvalue weighted by Crippen LogP contribution is 2.25. The zero-order chi connectivity index (χ0) is 20.1. The Morgan fingerprint density at radius 2 is 1.83 bits per heavy atom. The van der Waals surface area contributed by atoms with Gasteiger partial charge in [-0.15, -0.1) is 0 Å². The van der Waals surface area contributed by atoms with Crippen LogP contribution in [0.25, 0.3) is 10.9 Å². The van der Waals surface area contributed by atoms with Crippen molar-refractivity contribution in [2.75, 3.05) is 12.4 Å². The fourth-order valence-electron chi connectivity index (χ4n) is 2.80. The Balaban J connectivity index is 1.49. The summed E-state index contributed by atoms with van der Waals surface area (Å²) in [4.78, 5) is 24.7. The number of aromatic nitrogens is 3. The summed E-state index contributed by atoms with van der Waals surface area (Å²) in [5, 5.41) is 6.63. The molecule has 0 aliphatic rings.